The first-order valence-electron chi connectivity index (χ1n) is 11.1. The largest absolute Gasteiger partial charge is 0.373 e. The van der Waals surface area contributed by atoms with E-state index in [0.717, 1.165) is 10.4 Å². The fraction of sp³-hybridized carbons (Fsp3) is 0.308. The molecule has 0 saturated heterocycles. The average Bonchev–Trinajstić information content (AvgIpc) is 2.83. The minimum absolute atomic E-state index is 0.260. The van der Waals surface area contributed by atoms with Crippen LogP contribution in [-0.4, -0.2) is 34.4 Å². The molecule has 0 aliphatic carbocycles. The molecule has 0 aliphatic heterocycles. The number of hydrogen-bond acceptors (Lipinski definition) is 6. The van der Waals surface area contributed by atoms with Crippen LogP contribution in [0.15, 0.2) is 73.1 Å². The van der Waals surface area contributed by atoms with E-state index in [2.05, 4.69) is 39.3 Å². The molecule has 182 valence electrons. The Kier molecular flexibility index (Phi) is 9.34. The van der Waals surface area contributed by atoms with Crippen LogP contribution in [-0.2, 0) is 19.6 Å². The third kappa shape index (κ3) is 7.10. The molecule has 2 aromatic carbocycles. The molecule has 8 heteroatoms. The van der Waals surface area contributed by atoms with Crippen molar-refractivity contribution >= 4 is 38.5 Å². The van der Waals surface area contributed by atoms with Gasteiger partial charge in [-0.1, -0.05) is 86.1 Å². The topological polar surface area (TPSA) is 71.1 Å². The fourth-order valence-corrected chi connectivity index (χ4v) is 5.35. The number of rotatable bonds is 11. The normalized spacial score (nSPS) is 11.9. The van der Waals surface area contributed by atoms with Gasteiger partial charge < -0.3 is 0 Å². The van der Waals surface area contributed by atoms with E-state index < -0.39 is 34.4 Å². The van der Waals surface area contributed by atoms with Crippen LogP contribution >= 0.6 is 0 Å². The lowest BCUT2D eigenvalue weighted by atomic mass is 10.2. The highest BCUT2D eigenvalue weighted by Crippen LogP contribution is 2.14. The molecule has 0 N–H and O–H groups in total. The quantitative estimate of drug-likeness (QED) is 0.191. The van der Waals surface area contributed by atoms with Crippen LogP contribution in [0.1, 0.15) is 34.6 Å². The van der Waals surface area contributed by atoms with Gasteiger partial charge in [-0.25, -0.2) is 9.59 Å². The van der Waals surface area contributed by atoms with E-state index in [-0.39, 0.29) is 5.92 Å². The molecule has 2 aromatic rings. The predicted molar refractivity (Wildman–Crippen MR) is 139 cm³/mol. The van der Waals surface area contributed by atoms with Gasteiger partial charge in [-0.05, 0) is 24.3 Å². The van der Waals surface area contributed by atoms with Crippen LogP contribution in [0.25, 0.3) is 0 Å². The molecule has 2 rings (SSSR count). The van der Waals surface area contributed by atoms with E-state index >= 15 is 0 Å². The highest BCUT2D eigenvalue weighted by atomic mass is 28.3. The summed E-state index contributed by atoms with van der Waals surface area (Å²) in [5, 5.41) is 2.30. The Hall–Kier alpha value is -2.79. The van der Waals surface area contributed by atoms with Gasteiger partial charge in [0, 0.05) is 5.92 Å². The van der Waals surface area contributed by atoms with Crippen LogP contribution in [0.4, 0.5) is 0 Å². The van der Waals surface area contributed by atoms with Gasteiger partial charge in [0.05, 0.1) is 11.1 Å². The fourth-order valence-electron chi connectivity index (χ4n) is 2.82. The summed E-state index contributed by atoms with van der Waals surface area (Å²) in [6.45, 7) is 20.0. The van der Waals surface area contributed by atoms with Gasteiger partial charge in [0.2, 0.25) is 6.29 Å². The molecule has 0 heterocycles. The summed E-state index contributed by atoms with van der Waals surface area (Å²) in [6.07, 6.45) is -1.09. The molecular formula is C26H34O6Si2. The van der Waals surface area contributed by atoms with Crippen molar-refractivity contribution in [2.45, 2.75) is 46.3 Å². The first kappa shape index (κ1) is 27.5. The van der Waals surface area contributed by atoms with Crippen molar-refractivity contribution in [1.29, 1.82) is 0 Å². The maximum atomic E-state index is 12.4. The number of carbonyl (C=O) groups excluding carboxylic acids is 2. The minimum atomic E-state index is -1.72. The second-order valence-corrected chi connectivity index (χ2v) is 18.4. The molecule has 0 fully saturated rings. The molecular weight excluding hydrogens is 464 g/mol. The van der Waals surface area contributed by atoms with Crippen molar-refractivity contribution in [2.75, 3.05) is 0 Å². The van der Waals surface area contributed by atoms with Crippen molar-refractivity contribution in [3.8, 4) is 0 Å². The Bertz CT molecular complexity index is 931. The summed E-state index contributed by atoms with van der Waals surface area (Å²) < 4.78 is 0. The van der Waals surface area contributed by atoms with Gasteiger partial charge in [-0.2, -0.15) is 0 Å². The van der Waals surface area contributed by atoms with Crippen LogP contribution in [0.3, 0.4) is 0 Å². The van der Waals surface area contributed by atoms with Crippen LogP contribution in [0, 0.1) is 5.92 Å². The van der Waals surface area contributed by atoms with Crippen LogP contribution < -0.4 is 10.4 Å². The van der Waals surface area contributed by atoms with Gasteiger partial charge in [0.15, 0.2) is 0 Å². The Morgan fingerprint density at radius 1 is 0.706 bits per heavy atom. The second-order valence-electron chi connectivity index (χ2n) is 9.55. The standard InChI is InChI=1S/C26H34O6Si2/c1-9-33(5,6)22-15-11-20(12-16-22)24(27)29-31-26(19(3)4)32-30-25(28)21-13-17-23(18-14-21)34(7,8)10-2/h9-19,26H,1-2H2,3-8H3. The van der Waals surface area contributed by atoms with Crippen molar-refractivity contribution < 1.29 is 29.1 Å². The summed E-state index contributed by atoms with van der Waals surface area (Å²) in [6, 6.07) is 14.3. The summed E-state index contributed by atoms with van der Waals surface area (Å²) in [7, 11) is -3.43. The summed E-state index contributed by atoms with van der Waals surface area (Å²) >= 11 is 0. The number of benzene rings is 2. The zero-order valence-corrected chi connectivity index (χ0v) is 22.8. The highest BCUT2D eigenvalue weighted by molar-refractivity contribution is 6.94. The first-order chi connectivity index (χ1) is 15.9. The smallest absolute Gasteiger partial charge is 0.290 e. The SMILES string of the molecule is C=C[Si](C)(C)c1ccc(C(=O)OOC(OOC(=O)c2ccc([Si](C)(C)C=C)cc2)C(C)C)cc1. The molecule has 0 amide bonds. The Balaban J connectivity index is 1.94. The van der Waals surface area contributed by atoms with Crippen LogP contribution in [0.5, 0.6) is 0 Å². The second kappa shape index (κ2) is 11.6. The first-order valence-corrected chi connectivity index (χ1v) is 17.3. The number of hydrogen-bond donors (Lipinski definition) is 0. The molecule has 0 unspecified atom stereocenters. The van der Waals surface area contributed by atoms with Gasteiger partial charge in [-0.15, -0.1) is 22.9 Å². The molecule has 6 nitrogen and oxygen atoms in total. The van der Waals surface area contributed by atoms with Crippen molar-refractivity contribution in [3.63, 3.8) is 0 Å². The van der Waals surface area contributed by atoms with Gasteiger partial charge in [0.25, 0.3) is 0 Å². The van der Waals surface area contributed by atoms with E-state index in [4.69, 9.17) is 19.6 Å². The van der Waals surface area contributed by atoms with E-state index in [1.807, 2.05) is 35.7 Å². The highest BCUT2D eigenvalue weighted by Gasteiger charge is 2.24. The van der Waals surface area contributed by atoms with E-state index in [0.29, 0.717) is 11.1 Å². The maximum Gasteiger partial charge on any atom is 0.373 e. The third-order valence-electron chi connectivity index (χ3n) is 5.73. The van der Waals surface area contributed by atoms with E-state index in [1.54, 1.807) is 38.1 Å². The molecule has 34 heavy (non-hydrogen) atoms. The van der Waals surface area contributed by atoms with Gasteiger partial charge in [0.1, 0.15) is 16.1 Å². The number of carbonyl (C=O) groups is 2. The van der Waals surface area contributed by atoms with Gasteiger partial charge >= 0.3 is 11.9 Å². The van der Waals surface area contributed by atoms with Gasteiger partial charge in [-0.3, -0.25) is 9.78 Å². The lowest BCUT2D eigenvalue weighted by Gasteiger charge is -2.19. The van der Waals surface area contributed by atoms with Crippen LogP contribution in [0.2, 0.25) is 26.2 Å². The average molecular weight is 499 g/mol. The predicted octanol–water partition coefficient (Wildman–Crippen LogP) is 4.83. The molecule has 0 aromatic heterocycles. The van der Waals surface area contributed by atoms with E-state index in [9.17, 15) is 9.59 Å². The molecule has 0 atom stereocenters. The molecule has 0 saturated carbocycles. The Morgan fingerprint density at radius 2 is 1.03 bits per heavy atom. The minimum Gasteiger partial charge on any atom is -0.290 e. The molecule has 0 aliphatic rings. The Morgan fingerprint density at radius 3 is 1.29 bits per heavy atom. The Labute approximate surface area is 204 Å². The third-order valence-corrected chi connectivity index (χ3v) is 11.4. The molecule has 0 spiro atoms. The maximum absolute atomic E-state index is 12.4. The lowest BCUT2D eigenvalue weighted by Crippen LogP contribution is -2.39. The monoisotopic (exact) mass is 498 g/mol. The van der Waals surface area contributed by atoms with Crippen molar-refractivity contribution in [2.24, 2.45) is 5.92 Å². The summed E-state index contributed by atoms with van der Waals surface area (Å²) in [5.74, 6) is -1.60. The van der Waals surface area contributed by atoms with Crippen molar-refractivity contribution in [1.82, 2.24) is 0 Å². The zero-order valence-electron chi connectivity index (χ0n) is 20.8. The van der Waals surface area contributed by atoms with Crippen molar-refractivity contribution in [3.05, 3.63) is 84.2 Å². The lowest BCUT2D eigenvalue weighted by molar-refractivity contribution is -0.430. The summed E-state index contributed by atoms with van der Waals surface area (Å²) in [4.78, 5) is 44.9. The molecule has 0 radical (unpaired) electrons. The summed E-state index contributed by atoms with van der Waals surface area (Å²) in [5.41, 5.74) is 4.63. The molecule has 0 bridgehead atoms. The van der Waals surface area contributed by atoms with E-state index in [1.165, 1.54) is 0 Å². The zero-order chi connectivity index (χ0) is 25.5.